The molecule has 0 aromatic heterocycles. The van der Waals surface area contributed by atoms with Gasteiger partial charge in [0.1, 0.15) is 0 Å². The molecule has 0 aliphatic carbocycles. The third-order valence-corrected chi connectivity index (χ3v) is 2.44. The van der Waals surface area contributed by atoms with Crippen LogP contribution in [-0.2, 0) is 4.79 Å². The van der Waals surface area contributed by atoms with E-state index in [-0.39, 0.29) is 19.6 Å². The fourth-order valence-corrected chi connectivity index (χ4v) is 1.52. The highest BCUT2D eigenvalue weighted by Gasteiger charge is 2.52. The number of nitrogens with zero attached hydrogens (tertiary/aromatic N) is 1. The summed E-state index contributed by atoms with van der Waals surface area (Å²) in [6.07, 6.45) is -3.99. The van der Waals surface area contributed by atoms with Gasteiger partial charge < -0.3 is 16.0 Å². The third-order valence-electron chi connectivity index (χ3n) is 2.44. The van der Waals surface area contributed by atoms with E-state index >= 15 is 0 Å². The molecule has 3 N–H and O–H groups in total. The first-order chi connectivity index (χ1) is 7.41. The van der Waals surface area contributed by atoms with Crippen molar-refractivity contribution >= 4 is 5.91 Å². The minimum absolute atomic E-state index is 0.0387. The molecule has 0 aromatic rings. The van der Waals surface area contributed by atoms with Gasteiger partial charge in [-0.3, -0.25) is 4.79 Å². The average Bonchev–Trinajstić information content (AvgIpc) is 2.27. The Labute approximate surface area is 89.8 Å². The van der Waals surface area contributed by atoms with E-state index in [4.69, 9.17) is 5.73 Å². The second-order valence-corrected chi connectivity index (χ2v) is 3.52. The van der Waals surface area contributed by atoms with Gasteiger partial charge in [-0.05, 0) is 0 Å². The highest BCUT2D eigenvalue weighted by atomic mass is 19.3. The van der Waals surface area contributed by atoms with E-state index in [1.54, 1.807) is 0 Å². The number of carbonyl (C=O) groups excluding carboxylic acids is 1. The van der Waals surface area contributed by atoms with Crippen molar-refractivity contribution in [2.75, 3.05) is 26.2 Å². The van der Waals surface area contributed by atoms with Crippen molar-refractivity contribution in [1.82, 2.24) is 10.2 Å². The summed E-state index contributed by atoms with van der Waals surface area (Å²) in [4.78, 5) is 12.0. The molecule has 1 atom stereocenters. The van der Waals surface area contributed by atoms with Gasteiger partial charge >= 0.3 is 12.3 Å². The van der Waals surface area contributed by atoms with Gasteiger partial charge in [0.05, 0.1) is 6.04 Å². The Kier molecular flexibility index (Phi) is 4.09. The van der Waals surface area contributed by atoms with Crippen molar-refractivity contribution in [1.29, 1.82) is 0 Å². The largest absolute Gasteiger partial charge is 0.383 e. The van der Waals surface area contributed by atoms with E-state index in [0.29, 0.717) is 6.54 Å². The number of nitrogens with one attached hydrogen (secondary N) is 1. The second kappa shape index (κ2) is 4.96. The number of nitrogens with two attached hydrogens (primary N) is 1. The fourth-order valence-electron chi connectivity index (χ4n) is 1.52. The van der Waals surface area contributed by atoms with Crippen LogP contribution in [0.25, 0.3) is 0 Å². The Hall–Kier alpha value is -0.890. The molecule has 1 aliphatic heterocycles. The zero-order valence-electron chi connectivity index (χ0n) is 8.43. The van der Waals surface area contributed by atoms with Crippen molar-refractivity contribution in [3.8, 4) is 0 Å². The molecule has 1 saturated heterocycles. The van der Waals surface area contributed by atoms with Gasteiger partial charge in [-0.1, -0.05) is 0 Å². The summed E-state index contributed by atoms with van der Waals surface area (Å²) in [5.74, 6) is -6.48. The van der Waals surface area contributed by atoms with Crippen LogP contribution in [0.4, 0.5) is 17.6 Å². The Morgan fingerprint density at radius 3 is 2.69 bits per heavy atom. The van der Waals surface area contributed by atoms with Crippen LogP contribution in [0.2, 0.25) is 0 Å². The van der Waals surface area contributed by atoms with Crippen molar-refractivity contribution in [2.24, 2.45) is 5.73 Å². The number of hydrogen-bond acceptors (Lipinski definition) is 3. The highest BCUT2D eigenvalue weighted by molar-refractivity contribution is 5.84. The quantitative estimate of drug-likeness (QED) is 0.666. The number of alkyl halides is 4. The monoisotopic (exact) mass is 243 g/mol. The molecule has 0 spiro atoms. The maximum Gasteiger partial charge on any atom is 0.383 e. The van der Waals surface area contributed by atoms with Gasteiger partial charge in [0.15, 0.2) is 0 Å². The molecule has 1 unspecified atom stereocenters. The Balaban J connectivity index is 2.78. The fraction of sp³-hybridized carbons (Fsp3) is 0.875. The van der Waals surface area contributed by atoms with Crippen LogP contribution in [0.1, 0.15) is 0 Å². The molecule has 1 heterocycles. The van der Waals surface area contributed by atoms with Gasteiger partial charge in [0.2, 0.25) is 0 Å². The van der Waals surface area contributed by atoms with E-state index in [2.05, 4.69) is 5.32 Å². The van der Waals surface area contributed by atoms with Crippen molar-refractivity contribution in [3.05, 3.63) is 0 Å². The highest BCUT2D eigenvalue weighted by Crippen LogP contribution is 2.26. The summed E-state index contributed by atoms with van der Waals surface area (Å²) in [7, 11) is 0. The first-order valence-electron chi connectivity index (χ1n) is 4.79. The third kappa shape index (κ3) is 2.43. The van der Waals surface area contributed by atoms with Crippen LogP contribution < -0.4 is 11.1 Å². The molecular formula is C8H13F4N3O. The molecule has 1 rings (SSSR count). The minimum Gasteiger partial charge on any atom is -0.330 e. The van der Waals surface area contributed by atoms with Gasteiger partial charge in [-0.15, -0.1) is 0 Å². The van der Waals surface area contributed by atoms with E-state index in [9.17, 15) is 22.4 Å². The van der Waals surface area contributed by atoms with E-state index in [1.807, 2.05) is 0 Å². The lowest BCUT2D eigenvalue weighted by molar-refractivity contribution is -0.183. The van der Waals surface area contributed by atoms with Crippen molar-refractivity contribution in [3.63, 3.8) is 0 Å². The van der Waals surface area contributed by atoms with Crippen LogP contribution >= 0.6 is 0 Å². The van der Waals surface area contributed by atoms with E-state index in [0.717, 1.165) is 4.90 Å². The van der Waals surface area contributed by atoms with Crippen LogP contribution in [0.15, 0.2) is 0 Å². The van der Waals surface area contributed by atoms with E-state index in [1.165, 1.54) is 0 Å². The number of halogens is 4. The van der Waals surface area contributed by atoms with Gasteiger partial charge in [0.25, 0.3) is 5.91 Å². The second-order valence-electron chi connectivity index (χ2n) is 3.52. The molecular weight excluding hydrogens is 230 g/mol. The first-order valence-corrected chi connectivity index (χ1v) is 4.79. The lowest BCUT2D eigenvalue weighted by Crippen LogP contribution is -2.61. The summed E-state index contributed by atoms with van der Waals surface area (Å²) < 4.78 is 49.7. The molecule has 1 amide bonds. The molecule has 4 nitrogen and oxygen atoms in total. The van der Waals surface area contributed by atoms with E-state index < -0.39 is 24.3 Å². The molecule has 0 saturated carbocycles. The standard InChI is InChI=1S/C8H13F4N3O/c9-6(10)8(11,12)7(16)15-2-1-14-4-5(15)3-13/h5-6,14H,1-4,13H2. The predicted molar refractivity (Wildman–Crippen MR) is 48.4 cm³/mol. The van der Waals surface area contributed by atoms with Crippen LogP contribution in [0, 0.1) is 0 Å². The SMILES string of the molecule is NCC1CNCCN1C(=O)C(F)(F)C(F)F. The molecule has 1 aliphatic rings. The van der Waals surface area contributed by atoms with Gasteiger partial charge in [-0.25, -0.2) is 8.78 Å². The smallest absolute Gasteiger partial charge is 0.330 e. The lowest BCUT2D eigenvalue weighted by atomic mass is 10.1. The first kappa shape index (κ1) is 13.2. The Morgan fingerprint density at radius 1 is 1.56 bits per heavy atom. The Bertz CT molecular complexity index is 262. The molecule has 0 radical (unpaired) electrons. The number of amides is 1. The minimum atomic E-state index is -4.63. The van der Waals surface area contributed by atoms with Crippen molar-refractivity contribution in [2.45, 2.75) is 18.4 Å². The zero-order chi connectivity index (χ0) is 12.3. The Morgan fingerprint density at radius 2 is 2.19 bits per heavy atom. The molecule has 16 heavy (non-hydrogen) atoms. The van der Waals surface area contributed by atoms with Gasteiger partial charge in [-0.2, -0.15) is 8.78 Å². The summed E-state index contributed by atoms with van der Waals surface area (Å²) in [6, 6.07) is -0.661. The van der Waals surface area contributed by atoms with Crippen molar-refractivity contribution < 1.29 is 22.4 Å². The summed E-state index contributed by atoms with van der Waals surface area (Å²) in [5.41, 5.74) is 5.28. The number of carbonyl (C=O) groups is 1. The number of rotatable bonds is 3. The van der Waals surface area contributed by atoms with Crippen LogP contribution in [-0.4, -0.2) is 55.4 Å². The predicted octanol–water partition coefficient (Wildman–Crippen LogP) is -0.354. The number of piperazine rings is 1. The lowest BCUT2D eigenvalue weighted by Gasteiger charge is -2.37. The summed E-state index contributed by atoms with van der Waals surface area (Å²) >= 11 is 0. The molecule has 8 heteroatoms. The molecule has 0 bridgehead atoms. The maximum absolute atomic E-state index is 12.8. The molecule has 94 valence electrons. The van der Waals surface area contributed by atoms with Gasteiger partial charge in [0, 0.05) is 26.2 Å². The number of hydrogen-bond donors (Lipinski definition) is 2. The van der Waals surface area contributed by atoms with Crippen LogP contribution in [0.5, 0.6) is 0 Å². The maximum atomic E-state index is 12.8. The van der Waals surface area contributed by atoms with Crippen LogP contribution in [0.3, 0.4) is 0 Å². The average molecular weight is 243 g/mol. The normalized spacial score (nSPS) is 22.6. The summed E-state index contributed by atoms with van der Waals surface area (Å²) in [6.45, 7) is 0.449. The summed E-state index contributed by atoms with van der Waals surface area (Å²) in [5, 5.41) is 2.84. The zero-order valence-corrected chi connectivity index (χ0v) is 8.43. The topological polar surface area (TPSA) is 58.4 Å². The molecule has 1 fully saturated rings. The molecule has 0 aromatic carbocycles.